The molecule has 0 aromatic heterocycles. The van der Waals surface area contributed by atoms with E-state index < -0.39 is 5.60 Å². The average molecular weight is 241 g/mol. The van der Waals surface area contributed by atoms with Crippen LogP contribution < -0.4 is 0 Å². The number of piperidine rings is 1. The first-order valence-electron chi connectivity index (χ1n) is 6.54. The first-order chi connectivity index (χ1) is 7.87. The zero-order chi connectivity index (χ0) is 12.6. The molecule has 0 aromatic carbocycles. The first-order valence-corrected chi connectivity index (χ1v) is 6.54. The molecule has 17 heavy (non-hydrogen) atoms. The Hall–Kier alpha value is -0.770. The van der Waals surface area contributed by atoms with Crippen LogP contribution >= 0.6 is 0 Å². The molecule has 2 bridgehead atoms. The number of carbonyl (C=O) groups excluding carboxylic acids is 1. The number of aliphatic hydroxyl groups excluding tert-OH is 1. The van der Waals surface area contributed by atoms with Gasteiger partial charge in [0.15, 0.2) is 0 Å². The molecule has 4 heteroatoms. The Balaban J connectivity index is 2.02. The van der Waals surface area contributed by atoms with Gasteiger partial charge in [-0.3, -0.25) is 0 Å². The van der Waals surface area contributed by atoms with Crippen molar-refractivity contribution in [2.24, 2.45) is 5.92 Å². The van der Waals surface area contributed by atoms with Crippen LogP contribution in [0.5, 0.6) is 0 Å². The summed E-state index contributed by atoms with van der Waals surface area (Å²) in [4.78, 5) is 13.8. The van der Waals surface area contributed by atoms with Gasteiger partial charge in [0.2, 0.25) is 0 Å². The van der Waals surface area contributed by atoms with Crippen LogP contribution in [0.25, 0.3) is 0 Å². The largest absolute Gasteiger partial charge is 0.444 e. The van der Waals surface area contributed by atoms with Crippen LogP contribution in [-0.2, 0) is 4.74 Å². The maximum absolute atomic E-state index is 12.1. The van der Waals surface area contributed by atoms with Crippen molar-refractivity contribution in [3.63, 3.8) is 0 Å². The fourth-order valence-corrected chi connectivity index (χ4v) is 2.85. The SMILES string of the molecule is CC(C)(C)OC(=O)N1CC[C@@H]2CC[C@@H](O)[C@@H]1C2. The zero-order valence-electron chi connectivity index (χ0n) is 11.0. The Labute approximate surface area is 103 Å². The van der Waals surface area contributed by atoms with E-state index in [1.54, 1.807) is 4.90 Å². The molecule has 1 heterocycles. The molecule has 2 rings (SSSR count). The number of nitrogens with zero attached hydrogens (tertiary/aromatic N) is 1. The molecular formula is C13H23NO3. The van der Waals surface area contributed by atoms with E-state index in [0.29, 0.717) is 5.92 Å². The van der Waals surface area contributed by atoms with Crippen molar-refractivity contribution in [2.45, 2.75) is 64.2 Å². The molecule has 1 amide bonds. The predicted octanol–water partition coefficient (Wildman–Crippen LogP) is 2.16. The molecule has 4 nitrogen and oxygen atoms in total. The summed E-state index contributed by atoms with van der Waals surface area (Å²) in [6.45, 7) is 6.33. The second kappa shape index (κ2) is 4.48. The second-order valence-corrected chi connectivity index (χ2v) is 6.28. The third kappa shape index (κ3) is 2.92. The van der Waals surface area contributed by atoms with Gasteiger partial charge in [0.25, 0.3) is 0 Å². The van der Waals surface area contributed by atoms with Gasteiger partial charge in [-0.2, -0.15) is 0 Å². The first kappa shape index (κ1) is 12.7. The third-order valence-corrected chi connectivity index (χ3v) is 3.70. The fraction of sp³-hybridized carbons (Fsp3) is 0.923. The minimum absolute atomic E-state index is 0.0302. The zero-order valence-corrected chi connectivity index (χ0v) is 11.0. The molecule has 1 aliphatic carbocycles. The van der Waals surface area contributed by atoms with Crippen molar-refractivity contribution in [3.05, 3.63) is 0 Å². The molecule has 98 valence electrons. The molecule has 0 radical (unpaired) electrons. The summed E-state index contributed by atoms with van der Waals surface area (Å²) in [5.41, 5.74) is -0.465. The highest BCUT2D eigenvalue weighted by Gasteiger charge is 2.40. The van der Waals surface area contributed by atoms with Crippen LogP contribution in [0, 0.1) is 5.92 Å². The van der Waals surface area contributed by atoms with Gasteiger partial charge in [0, 0.05) is 6.54 Å². The molecule has 3 atom stereocenters. The van der Waals surface area contributed by atoms with E-state index in [4.69, 9.17) is 4.74 Å². The minimum atomic E-state index is -0.465. The van der Waals surface area contributed by atoms with Crippen molar-refractivity contribution >= 4 is 6.09 Å². The molecule has 2 aliphatic rings. The molecule has 1 N–H and O–H groups in total. The molecule has 1 aliphatic heterocycles. The van der Waals surface area contributed by atoms with Gasteiger partial charge in [-0.05, 0) is 52.4 Å². The smallest absolute Gasteiger partial charge is 0.410 e. The minimum Gasteiger partial charge on any atom is -0.444 e. The van der Waals surface area contributed by atoms with E-state index in [-0.39, 0.29) is 18.2 Å². The average Bonchev–Trinajstić information content (AvgIpc) is 2.21. The molecule has 0 aromatic rings. The van der Waals surface area contributed by atoms with Crippen molar-refractivity contribution in [3.8, 4) is 0 Å². The highest BCUT2D eigenvalue weighted by Crippen LogP contribution is 2.35. The molecule has 2 fully saturated rings. The highest BCUT2D eigenvalue weighted by atomic mass is 16.6. The van der Waals surface area contributed by atoms with Gasteiger partial charge >= 0.3 is 6.09 Å². The Kier molecular flexibility index (Phi) is 3.34. The standard InChI is InChI=1S/C13H23NO3/c1-13(2,3)17-12(16)14-7-6-9-4-5-11(15)10(14)8-9/h9-11,15H,4-8H2,1-3H3/t9-,10-,11+/m0/s1. The normalized spacial score (nSPS) is 33.4. The van der Waals surface area contributed by atoms with Crippen LogP contribution in [0.1, 0.15) is 46.5 Å². The lowest BCUT2D eigenvalue weighted by Crippen LogP contribution is -2.55. The van der Waals surface area contributed by atoms with Crippen LogP contribution in [0.3, 0.4) is 0 Å². The van der Waals surface area contributed by atoms with Gasteiger partial charge in [-0.1, -0.05) is 0 Å². The number of aliphatic hydroxyl groups is 1. The number of likely N-dealkylation sites (tertiary alicyclic amines) is 1. The molecular weight excluding hydrogens is 218 g/mol. The second-order valence-electron chi connectivity index (χ2n) is 6.28. The maximum atomic E-state index is 12.1. The number of hydrogen-bond acceptors (Lipinski definition) is 3. The Morgan fingerprint density at radius 2 is 2.00 bits per heavy atom. The summed E-state index contributed by atoms with van der Waals surface area (Å²) in [6, 6.07) is -0.0302. The number of fused-ring (bicyclic) bond motifs is 2. The number of amides is 1. The van der Waals surface area contributed by atoms with E-state index >= 15 is 0 Å². The van der Waals surface area contributed by atoms with Crippen molar-refractivity contribution in [2.75, 3.05) is 6.54 Å². The summed E-state index contributed by atoms with van der Waals surface area (Å²) in [5, 5.41) is 9.99. The van der Waals surface area contributed by atoms with Crippen LogP contribution in [-0.4, -0.2) is 40.4 Å². The quantitative estimate of drug-likeness (QED) is 0.707. The lowest BCUT2D eigenvalue weighted by molar-refractivity contribution is -0.0441. The lowest BCUT2D eigenvalue weighted by atomic mass is 9.78. The summed E-state index contributed by atoms with van der Waals surface area (Å²) in [6.07, 6.45) is 3.23. The Morgan fingerprint density at radius 1 is 1.29 bits per heavy atom. The Bertz CT molecular complexity index is 298. The Morgan fingerprint density at radius 3 is 2.65 bits per heavy atom. The van der Waals surface area contributed by atoms with Crippen LogP contribution in [0.15, 0.2) is 0 Å². The third-order valence-electron chi connectivity index (χ3n) is 3.70. The van der Waals surface area contributed by atoms with E-state index in [2.05, 4.69) is 0 Å². The lowest BCUT2D eigenvalue weighted by Gasteiger charge is -2.45. The maximum Gasteiger partial charge on any atom is 0.410 e. The molecule has 1 saturated carbocycles. The summed E-state index contributed by atoms with van der Waals surface area (Å²) >= 11 is 0. The van der Waals surface area contributed by atoms with Gasteiger partial charge in [0.05, 0.1) is 12.1 Å². The molecule has 0 spiro atoms. The predicted molar refractivity (Wildman–Crippen MR) is 64.7 cm³/mol. The molecule has 0 unspecified atom stereocenters. The van der Waals surface area contributed by atoms with Crippen molar-refractivity contribution < 1.29 is 14.6 Å². The number of rotatable bonds is 0. The van der Waals surface area contributed by atoms with Gasteiger partial charge in [-0.25, -0.2) is 4.79 Å². The van der Waals surface area contributed by atoms with E-state index in [1.165, 1.54) is 0 Å². The number of carbonyl (C=O) groups is 1. The van der Waals surface area contributed by atoms with E-state index in [0.717, 1.165) is 32.2 Å². The fourth-order valence-electron chi connectivity index (χ4n) is 2.85. The summed E-state index contributed by atoms with van der Waals surface area (Å²) < 4.78 is 5.39. The van der Waals surface area contributed by atoms with Crippen molar-refractivity contribution in [1.29, 1.82) is 0 Å². The van der Waals surface area contributed by atoms with Gasteiger partial charge < -0.3 is 14.7 Å². The summed E-state index contributed by atoms with van der Waals surface area (Å²) in [5.74, 6) is 0.682. The van der Waals surface area contributed by atoms with Crippen molar-refractivity contribution in [1.82, 2.24) is 4.90 Å². The number of ether oxygens (including phenoxy) is 1. The monoisotopic (exact) mass is 241 g/mol. The van der Waals surface area contributed by atoms with Gasteiger partial charge in [-0.15, -0.1) is 0 Å². The van der Waals surface area contributed by atoms with Crippen LogP contribution in [0.4, 0.5) is 4.79 Å². The van der Waals surface area contributed by atoms with Gasteiger partial charge in [0.1, 0.15) is 5.60 Å². The number of hydrogen-bond donors (Lipinski definition) is 1. The highest BCUT2D eigenvalue weighted by molar-refractivity contribution is 5.68. The summed E-state index contributed by atoms with van der Waals surface area (Å²) in [7, 11) is 0. The topological polar surface area (TPSA) is 49.8 Å². The van der Waals surface area contributed by atoms with E-state index in [1.807, 2.05) is 20.8 Å². The molecule has 1 saturated heterocycles. The van der Waals surface area contributed by atoms with Crippen LogP contribution in [0.2, 0.25) is 0 Å². The van der Waals surface area contributed by atoms with E-state index in [9.17, 15) is 9.90 Å².